The molecule has 1 amide bonds. The number of piperazine rings is 2. The minimum Gasteiger partial charge on any atom is -0.368 e. The molecule has 2 unspecified atom stereocenters. The fourth-order valence-corrected chi connectivity index (χ4v) is 4.25. The van der Waals surface area contributed by atoms with Gasteiger partial charge in [-0.1, -0.05) is 6.92 Å². The lowest BCUT2D eigenvalue weighted by Gasteiger charge is -2.38. The van der Waals surface area contributed by atoms with E-state index in [0.29, 0.717) is 5.92 Å². The molecule has 0 aromatic carbocycles. The van der Waals surface area contributed by atoms with Crippen LogP contribution in [0, 0.1) is 5.92 Å². The second kappa shape index (κ2) is 12.3. The summed E-state index contributed by atoms with van der Waals surface area (Å²) in [6, 6.07) is 0. The molecule has 29 heavy (non-hydrogen) atoms. The first-order chi connectivity index (χ1) is 13.6. The summed E-state index contributed by atoms with van der Waals surface area (Å²) in [6.07, 6.45) is 1.66. The molecule has 0 bridgehead atoms. The van der Waals surface area contributed by atoms with Gasteiger partial charge in [0.2, 0.25) is 0 Å². The van der Waals surface area contributed by atoms with Crippen molar-refractivity contribution in [3.8, 4) is 0 Å². The highest BCUT2D eigenvalue weighted by Gasteiger charge is 2.31. The SMILES string of the molecule is CN=C(NCC(C)CN1CCN(C)CC1)N1CCN(C(=O)C2CCCO2)CC1.I. The number of likely N-dealkylation sites (N-methyl/N-ethyl adjacent to an activating group) is 1. The van der Waals surface area contributed by atoms with Gasteiger partial charge in [0.1, 0.15) is 6.10 Å². The Balaban J connectivity index is 0.00000300. The Morgan fingerprint density at radius 2 is 1.76 bits per heavy atom. The maximum Gasteiger partial charge on any atom is 0.251 e. The summed E-state index contributed by atoms with van der Waals surface area (Å²) >= 11 is 0. The normalized spacial score (nSPS) is 25.6. The van der Waals surface area contributed by atoms with Gasteiger partial charge in [-0.05, 0) is 25.8 Å². The maximum absolute atomic E-state index is 12.5. The summed E-state index contributed by atoms with van der Waals surface area (Å²) < 4.78 is 5.55. The quantitative estimate of drug-likeness (QED) is 0.320. The third-order valence-electron chi connectivity index (χ3n) is 6.08. The van der Waals surface area contributed by atoms with Crippen LogP contribution in [0.1, 0.15) is 19.8 Å². The Hall–Kier alpha value is -0.650. The number of aliphatic imine (C=N–C) groups is 1. The molecule has 3 aliphatic heterocycles. The number of hydrogen-bond acceptors (Lipinski definition) is 5. The molecule has 3 fully saturated rings. The average Bonchev–Trinajstić information content (AvgIpc) is 3.25. The molecule has 9 heteroatoms. The minimum absolute atomic E-state index is 0. The predicted octanol–water partition coefficient (Wildman–Crippen LogP) is 0.387. The van der Waals surface area contributed by atoms with Gasteiger partial charge >= 0.3 is 0 Å². The Morgan fingerprint density at radius 3 is 2.34 bits per heavy atom. The van der Waals surface area contributed by atoms with Gasteiger partial charge in [0.15, 0.2) is 5.96 Å². The number of nitrogens with zero attached hydrogens (tertiary/aromatic N) is 5. The first kappa shape index (κ1) is 24.6. The number of carbonyl (C=O) groups is 1. The van der Waals surface area contributed by atoms with Gasteiger partial charge in [-0.3, -0.25) is 9.79 Å². The van der Waals surface area contributed by atoms with Crippen molar-refractivity contribution in [1.29, 1.82) is 0 Å². The van der Waals surface area contributed by atoms with Crippen LogP contribution in [0.2, 0.25) is 0 Å². The van der Waals surface area contributed by atoms with E-state index in [4.69, 9.17) is 4.74 Å². The second-order valence-electron chi connectivity index (χ2n) is 8.45. The maximum atomic E-state index is 12.5. The van der Waals surface area contributed by atoms with Gasteiger partial charge < -0.3 is 29.7 Å². The number of guanidine groups is 1. The Labute approximate surface area is 193 Å². The van der Waals surface area contributed by atoms with Gasteiger partial charge in [0, 0.05) is 79.1 Å². The molecule has 3 heterocycles. The Morgan fingerprint density at radius 1 is 1.10 bits per heavy atom. The highest BCUT2D eigenvalue weighted by atomic mass is 127. The van der Waals surface area contributed by atoms with Crippen molar-refractivity contribution in [3.05, 3.63) is 0 Å². The van der Waals surface area contributed by atoms with Crippen LogP contribution in [0.3, 0.4) is 0 Å². The van der Waals surface area contributed by atoms with Crippen molar-refractivity contribution in [1.82, 2.24) is 24.9 Å². The molecular formula is C20H39IN6O2. The molecule has 168 valence electrons. The van der Waals surface area contributed by atoms with E-state index in [1.807, 2.05) is 11.9 Å². The summed E-state index contributed by atoms with van der Waals surface area (Å²) in [4.78, 5) is 26.1. The molecule has 0 aliphatic carbocycles. The number of halogens is 1. The van der Waals surface area contributed by atoms with Crippen molar-refractivity contribution in [3.63, 3.8) is 0 Å². The topological polar surface area (TPSA) is 63.7 Å². The van der Waals surface area contributed by atoms with Crippen LogP contribution in [0.25, 0.3) is 0 Å². The highest BCUT2D eigenvalue weighted by molar-refractivity contribution is 14.0. The van der Waals surface area contributed by atoms with Crippen molar-refractivity contribution >= 4 is 35.8 Å². The molecule has 3 aliphatic rings. The predicted molar refractivity (Wildman–Crippen MR) is 127 cm³/mol. The highest BCUT2D eigenvalue weighted by Crippen LogP contribution is 2.16. The molecule has 0 aromatic heterocycles. The van der Waals surface area contributed by atoms with Gasteiger partial charge in [-0.2, -0.15) is 0 Å². The van der Waals surface area contributed by atoms with Crippen molar-refractivity contribution in [2.24, 2.45) is 10.9 Å². The molecule has 3 saturated heterocycles. The van der Waals surface area contributed by atoms with E-state index in [-0.39, 0.29) is 36.0 Å². The van der Waals surface area contributed by atoms with Crippen LogP contribution >= 0.6 is 24.0 Å². The summed E-state index contributed by atoms with van der Waals surface area (Å²) in [7, 11) is 4.04. The molecule has 0 saturated carbocycles. The number of rotatable bonds is 5. The van der Waals surface area contributed by atoms with Gasteiger partial charge in [0.25, 0.3) is 5.91 Å². The monoisotopic (exact) mass is 522 g/mol. The molecule has 8 nitrogen and oxygen atoms in total. The zero-order valence-corrected chi connectivity index (χ0v) is 20.6. The van der Waals surface area contributed by atoms with Gasteiger partial charge in [-0.15, -0.1) is 24.0 Å². The van der Waals surface area contributed by atoms with E-state index in [1.54, 1.807) is 0 Å². The fourth-order valence-electron chi connectivity index (χ4n) is 4.25. The van der Waals surface area contributed by atoms with Crippen molar-refractivity contribution in [2.75, 3.05) is 86.1 Å². The lowest BCUT2D eigenvalue weighted by Crippen LogP contribution is -2.55. The zero-order chi connectivity index (χ0) is 19.9. The number of nitrogens with one attached hydrogen (secondary N) is 1. The first-order valence-corrected chi connectivity index (χ1v) is 10.8. The largest absolute Gasteiger partial charge is 0.368 e. The van der Waals surface area contributed by atoms with Crippen LogP contribution < -0.4 is 5.32 Å². The third kappa shape index (κ3) is 7.22. The fraction of sp³-hybridized carbons (Fsp3) is 0.900. The first-order valence-electron chi connectivity index (χ1n) is 10.8. The summed E-state index contributed by atoms with van der Waals surface area (Å²) in [5, 5.41) is 3.55. The Bertz CT molecular complexity index is 527. The molecule has 2 atom stereocenters. The summed E-state index contributed by atoms with van der Waals surface area (Å²) in [5.41, 5.74) is 0. The Kier molecular flexibility index (Phi) is 10.4. The lowest BCUT2D eigenvalue weighted by molar-refractivity contribution is -0.142. The second-order valence-corrected chi connectivity index (χ2v) is 8.45. The van der Waals surface area contributed by atoms with Crippen LogP contribution in [0.15, 0.2) is 4.99 Å². The van der Waals surface area contributed by atoms with Gasteiger partial charge in [0.05, 0.1) is 0 Å². The number of amides is 1. The molecule has 0 radical (unpaired) electrons. The summed E-state index contributed by atoms with van der Waals surface area (Å²) in [5.74, 6) is 1.69. The molecule has 1 N–H and O–H groups in total. The number of hydrogen-bond donors (Lipinski definition) is 1. The van der Waals surface area contributed by atoms with E-state index in [9.17, 15) is 4.79 Å². The van der Waals surface area contributed by atoms with Crippen LogP contribution in [-0.2, 0) is 9.53 Å². The van der Waals surface area contributed by atoms with Gasteiger partial charge in [-0.25, -0.2) is 0 Å². The smallest absolute Gasteiger partial charge is 0.251 e. The van der Waals surface area contributed by atoms with Crippen LogP contribution in [0.5, 0.6) is 0 Å². The van der Waals surface area contributed by atoms with E-state index in [0.717, 1.165) is 90.9 Å². The molecule has 0 aromatic rings. The zero-order valence-electron chi connectivity index (χ0n) is 18.3. The minimum atomic E-state index is -0.209. The summed E-state index contributed by atoms with van der Waals surface area (Å²) in [6.45, 7) is 12.9. The van der Waals surface area contributed by atoms with Crippen LogP contribution in [0.4, 0.5) is 0 Å². The van der Waals surface area contributed by atoms with Crippen LogP contribution in [-0.4, -0.2) is 124 Å². The number of carbonyl (C=O) groups excluding carboxylic acids is 1. The van der Waals surface area contributed by atoms with Crippen molar-refractivity contribution < 1.29 is 9.53 Å². The van der Waals surface area contributed by atoms with E-state index in [2.05, 4.69) is 39.0 Å². The number of ether oxygens (including phenoxy) is 1. The average molecular weight is 522 g/mol. The van der Waals surface area contributed by atoms with E-state index in [1.165, 1.54) is 0 Å². The van der Waals surface area contributed by atoms with E-state index >= 15 is 0 Å². The van der Waals surface area contributed by atoms with E-state index < -0.39 is 0 Å². The van der Waals surface area contributed by atoms with Crippen molar-refractivity contribution in [2.45, 2.75) is 25.9 Å². The molecule has 3 rings (SSSR count). The molecule has 0 spiro atoms. The third-order valence-corrected chi connectivity index (χ3v) is 6.08. The molecular weight excluding hydrogens is 483 g/mol. The standard InChI is InChI=1S/C20H38N6O2.HI/c1-17(16-24-8-6-23(3)7-9-24)15-22-20(21-2)26-12-10-25(11-13-26)19(27)18-5-4-14-28-18;/h17-18H,4-16H2,1-3H3,(H,21,22);1H. The lowest BCUT2D eigenvalue weighted by atomic mass is 10.1.